The van der Waals surface area contributed by atoms with E-state index in [1.165, 1.54) is 18.3 Å². The molecule has 2 bridgehead atoms. The number of ether oxygens (including phenoxy) is 1. The minimum atomic E-state index is -0.754. The van der Waals surface area contributed by atoms with Crippen molar-refractivity contribution in [3.63, 3.8) is 0 Å². The molecular weight excluding hydrogens is 435 g/mol. The van der Waals surface area contributed by atoms with Gasteiger partial charge in [0.1, 0.15) is 5.82 Å². The van der Waals surface area contributed by atoms with E-state index in [0.717, 1.165) is 19.4 Å². The molecule has 9 heteroatoms. The van der Waals surface area contributed by atoms with Crippen molar-refractivity contribution in [1.82, 2.24) is 15.0 Å². The molecule has 2 aromatic heterocycles. The normalized spacial score (nSPS) is 22.8. The Bertz CT molecular complexity index is 1200. The van der Waals surface area contributed by atoms with Crippen molar-refractivity contribution < 1.29 is 14.2 Å². The van der Waals surface area contributed by atoms with Gasteiger partial charge in [-0.15, -0.1) is 0 Å². The fourth-order valence-electron chi connectivity index (χ4n) is 4.73. The predicted molar refractivity (Wildman–Crippen MR) is 118 cm³/mol. The molecular formula is C23H22ClFN4O3. The summed E-state index contributed by atoms with van der Waals surface area (Å²) in [6.45, 7) is 0.360. The van der Waals surface area contributed by atoms with Gasteiger partial charge in [-0.1, -0.05) is 17.7 Å². The maximum absolute atomic E-state index is 14.1. The zero-order chi connectivity index (χ0) is 22.2. The number of halogens is 2. The average molecular weight is 457 g/mol. The highest BCUT2D eigenvalue weighted by Crippen LogP contribution is 2.37. The van der Waals surface area contributed by atoms with E-state index in [2.05, 4.69) is 20.3 Å². The number of hydrogen-bond acceptors (Lipinski definition) is 6. The number of aromatic amines is 1. The second-order valence-corrected chi connectivity index (χ2v) is 8.65. The molecule has 32 heavy (non-hydrogen) atoms. The predicted octanol–water partition coefficient (Wildman–Crippen LogP) is 3.34. The van der Waals surface area contributed by atoms with E-state index in [1.807, 2.05) is 0 Å². The van der Waals surface area contributed by atoms with Crippen LogP contribution in [0.5, 0.6) is 0 Å². The summed E-state index contributed by atoms with van der Waals surface area (Å²) in [6, 6.07) is 7.95. The van der Waals surface area contributed by atoms with Crippen molar-refractivity contribution in [3.8, 4) is 11.3 Å². The van der Waals surface area contributed by atoms with Gasteiger partial charge in [0.05, 0.1) is 30.0 Å². The van der Waals surface area contributed by atoms with Crippen LogP contribution in [0.4, 0.5) is 10.3 Å². The van der Waals surface area contributed by atoms with Gasteiger partial charge >= 0.3 is 0 Å². The third-order valence-electron chi connectivity index (χ3n) is 6.32. The van der Waals surface area contributed by atoms with Crippen molar-refractivity contribution >= 4 is 17.5 Å². The number of hydrogen-bond donors (Lipinski definition) is 3. The highest BCUT2D eigenvalue weighted by atomic mass is 35.5. The highest BCUT2D eigenvalue weighted by Gasteiger charge is 2.41. The van der Waals surface area contributed by atoms with Crippen LogP contribution in [0, 0.1) is 11.7 Å². The molecule has 2 aliphatic rings. The van der Waals surface area contributed by atoms with Crippen LogP contribution >= 0.6 is 11.6 Å². The van der Waals surface area contributed by atoms with E-state index >= 15 is 0 Å². The van der Waals surface area contributed by atoms with Gasteiger partial charge in [0.2, 0.25) is 5.95 Å². The number of fused-ring (bicyclic) bond motifs is 2. The molecule has 1 aliphatic carbocycles. The lowest BCUT2D eigenvalue weighted by Gasteiger charge is -2.23. The fourth-order valence-corrected chi connectivity index (χ4v) is 4.84. The summed E-state index contributed by atoms with van der Waals surface area (Å²) in [5.41, 5.74) is 1.45. The number of benzene rings is 1. The Labute approximate surface area is 188 Å². The van der Waals surface area contributed by atoms with Crippen molar-refractivity contribution in [2.24, 2.45) is 5.92 Å². The first-order valence-corrected chi connectivity index (χ1v) is 10.9. The lowest BCUT2D eigenvalue weighted by molar-refractivity contribution is 0.0723. The lowest BCUT2D eigenvalue weighted by atomic mass is 9.88. The summed E-state index contributed by atoms with van der Waals surface area (Å²) in [6.07, 6.45) is 5.43. The minimum absolute atomic E-state index is 0.0230. The van der Waals surface area contributed by atoms with E-state index in [9.17, 15) is 14.3 Å². The van der Waals surface area contributed by atoms with Crippen LogP contribution in [-0.2, 0) is 4.74 Å². The number of nitrogens with one attached hydrogen (secondary N) is 2. The Hall–Kier alpha value is -2.81. The monoisotopic (exact) mass is 456 g/mol. The minimum Gasteiger partial charge on any atom is -0.395 e. The third-order valence-corrected chi connectivity index (χ3v) is 6.63. The molecule has 1 saturated carbocycles. The van der Waals surface area contributed by atoms with E-state index in [1.54, 1.807) is 24.4 Å². The van der Waals surface area contributed by atoms with Crippen LogP contribution in [0.3, 0.4) is 0 Å². The van der Waals surface area contributed by atoms with E-state index in [-0.39, 0.29) is 23.2 Å². The number of anilines is 1. The second-order valence-electron chi connectivity index (χ2n) is 8.25. The van der Waals surface area contributed by atoms with Crippen LogP contribution in [0.15, 0.2) is 47.5 Å². The summed E-state index contributed by atoms with van der Waals surface area (Å²) in [4.78, 5) is 24.5. The molecule has 2 fully saturated rings. The summed E-state index contributed by atoms with van der Waals surface area (Å²) in [5, 5.41) is 13.5. The molecule has 1 aromatic carbocycles. The largest absolute Gasteiger partial charge is 0.395 e. The second kappa shape index (κ2) is 8.61. The Balaban J connectivity index is 1.51. The number of aliphatic hydroxyl groups is 1. The lowest BCUT2D eigenvalue weighted by Crippen LogP contribution is -2.30. The number of pyridine rings is 1. The molecule has 1 saturated heterocycles. The summed E-state index contributed by atoms with van der Waals surface area (Å²) < 4.78 is 19.7. The molecule has 0 spiro atoms. The van der Waals surface area contributed by atoms with E-state index < -0.39 is 11.7 Å². The molecule has 0 radical (unpaired) electrons. The molecule has 3 N–H and O–H groups in total. The summed E-state index contributed by atoms with van der Waals surface area (Å²) >= 11 is 5.81. The molecule has 3 heterocycles. The Morgan fingerprint density at radius 2 is 2.19 bits per heavy atom. The van der Waals surface area contributed by atoms with Gasteiger partial charge < -0.3 is 20.1 Å². The number of H-pyrrole nitrogens is 1. The van der Waals surface area contributed by atoms with Gasteiger partial charge in [-0.2, -0.15) is 0 Å². The first kappa shape index (κ1) is 21.1. The number of rotatable bonds is 6. The van der Waals surface area contributed by atoms with Gasteiger partial charge in [0.15, 0.2) is 0 Å². The van der Waals surface area contributed by atoms with Crippen LogP contribution < -0.4 is 10.9 Å². The van der Waals surface area contributed by atoms with Crippen LogP contribution in [-0.4, -0.2) is 45.4 Å². The molecule has 166 valence electrons. The quantitative estimate of drug-likeness (QED) is 0.526. The van der Waals surface area contributed by atoms with Crippen LogP contribution in [0.2, 0.25) is 5.02 Å². The topological polar surface area (TPSA) is 100 Å². The maximum atomic E-state index is 14.1. The highest BCUT2D eigenvalue weighted by molar-refractivity contribution is 6.30. The number of nitrogens with zero attached hydrogens (tertiary/aromatic N) is 2. The molecule has 3 unspecified atom stereocenters. The van der Waals surface area contributed by atoms with Crippen molar-refractivity contribution in [3.05, 3.63) is 75.0 Å². The SMILES string of the molecule is O=c1[nH]ccc(-c2ccnc(NC3CC4CC3CO4)n2)c1[C@@H](CO)c1ccc(Cl)c(F)c1. The molecule has 5 rings (SSSR count). The van der Waals surface area contributed by atoms with Gasteiger partial charge in [-0.05, 0) is 42.7 Å². The third kappa shape index (κ3) is 3.90. The molecule has 3 aromatic rings. The fraction of sp³-hybridized carbons (Fsp3) is 0.348. The van der Waals surface area contributed by atoms with Gasteiger partial charge in [0.25, 0.3) is 5.56 Å². The standard InChI is InChI=1S/C23H22ClFN4O3/c24-17-2-1-12(8-18(17)25)16(10-30)21-15(3-5-26-22(21)31)19-4-6-27-23(28-19)29-20-9-14-7-13(20)11-32-14/h1-6,8,13-14,16,20,30H,7,9-11H2,(H,26,31)(H,27,28,29)/t13?,14?,16-,20?/m0/s1. The van der Waals surface area contributed by atoms with Gasteiger partial charge in [-0.3, -0.25) is 4.79 Å². The van der Waals surface area contributed by atoms with Crippen molar-refractivity contribution in [1.29, 1.82) is 0 Å². The van der Waals surface area contributed by atoms with Gasteiger partial charge in [-0.25, -0.2) is 14.4 Å². The number of aromatic nitrogens is 3. The summed E-state index contributed by atoms with van der Waals surface area (Å²) in [5.74, 6) is -0.443. The zero-order valence-corrected chi connectivity index (χ0v) is 17.8. The molecule has 4 atom stereocenters. The Morgan fingerprint density at radius 1 is 1.31 bits per heavy atom. The van der Waals surface area contributed by atoms with Crippen LogP contribution in [0.25, 0.3) is 11.3 Å². The van der Waals surface area contributed by atoms with Crippen molar-refractivity contribution in [2.75, 3.05) is 18.5 Å². The zero-order valence-electron chi connectivity index (χ0n) is 17.1. The molecule has 1 aliphatic heterocycles. The van der Waals surface area contributed by atoms with Crippen LogP contribution in [0.1, 0.15) is 29.9 Å². The van der Waals surface area contributed by atoms with E-state index in [4.69, 9.17) is 16.3 Å². The first-order chi connectivity index (χ1) is 15.5. The van der Waals surface area contributed by atoms with Gasteiger partial charge in [0, 0.05) is 41.4 Å². The summed E-state index contributed by atoms with van der Waals surface area (Å²) in [7, 11) is 0. The molecule has 0 amide bonds. The first-order valence-electron chi connectivity index (χ1n) is 10.5. The molecule has 7 nitrogen and oxygen atoms in total. The van der Waals surface area contributed by atoms with Crippen molar-refractivity contribution in [2.45, 2.75) is 30.9 Å². The Kier molecular flexibility index (Phi) is 5.67. The Morgan fingerprint density at radius 3 is 2.91 bits per heavy atom. The smallest absolute Gasteiger partial charge is 0.252 e. The number of aliphatic hydroxyl groups excluding tert-OH is 1. The van der Waals surface area contributed by atoms with E-state index in [0.29, 0.717) is 40.4 Å². The maximum Gasteiger partial charge on any atom is 0.252 e. The average Bonchev–Trinajstić information content (AvgIpc) is 3.41.